The number of carbonyl (C=O) groups is 1. The molecule has 1 aromatic heterocycles. The number of aromatic nitrogens is 1. The zero-order valence-corrected chi connectivity index (χ0v) is 18.1. The Labute approximate surface area is 183 Å². The van der Waals surface area contributed by atoms with E-state index in [0.717, 1.165) is 19.4 Å². The van der Waals surface area contributed by atoms with Gasteiger partial charge >= 0.3 is 0 Å². The molecule has 1 saturated heterocycles. The van der Waals surface area contributed by atoms with E-state index in [9.17, 15) is 4.79 Å². The number of para-hydroxylation sites is 1. The van der Waals surface area contributed by atoms with Crippen LogP contribution in [-0.4, -0.2) is 35.0 Å². The number of benzene rings is 2. The molecule has 0 spiro atoms. The third-order valence-corrected chi connectivity index (χ3v) is 7.79. The first-order valence-electron chi connectivity index (χ1n) is 11.6. The Morgan fingerprint density at radius 1 is 1.10 bits per heavy atom. The van der Waals surface area contributed by atoms with Crippen molar-refractivity contribution in [3.63, 3.8) is 0 Å². The minimum Gasteiger partial charge on any atom is -0.346 e. The summed E-state index contributed by atoms with van der Waals surface area (Å²) in [4.78, 5) is 15.5. The smallest absolute Gasteiger partial charge is 0.251 e. The molecule has 0 bridgehead atoms. The molecule has 2 aromatic carbocycles. The number of carbonyl (C=O) groups excluding carboxylic acids is 1. The van der Waals surface area contributed by atoms with Crippen LogP contribution in [-0.2, 0) is 6.42 Å². The van der Waals surface area contributed by atoms with Crippen LogP contribution >= 0.6 is 0 Å². The highest BCUT2D eigenvalue weighted by atomic mass is 16.1. The van der Waals surface area contributed by atoms with Crippen molar-refractivity contribution in [1.82, 2.24) is 14.8 Å². The molecule has 3 aromatic rings. The summed E-state index contributed by atoms with van der Waals surface area (Å²) < 4.78 is 2.48. The first-order chi connectivity index (χ1) is 15.2. The number of rotatable bonds is 4. The van der Waals surface area contributed by atoms with Gasteiger partial charge in [-0.25, -0.2) is 0 Å². The summed E-state index contributed by atoms with van der Waals surface area (Å²) in [7, 11) is 0. The van der Waals surface area contributed by atoms with Crippen LogP contribution in [0.3, 0.4) is 0 Å². The molecule has 4 nitrogen and oxygen atoms in total. The number of hydrogen-bond acceptors (Lipinski definition) is 2. The van der Waals surface area contributed by atoms with Gasteiger partial charge in [0.15, 0.2) is 0 Å². The van der Waals surface area contributed by atoms with E-state index in [1.807, 2.05) is 30.3 Å². The predicted octanol–water partition coefficient (Wildman–Crippen LogP) is 5.02. The summed E-state index contributed by atoms with van der Waals surface area (Å²) >= 11 is 0. The van der Waals surface area contributed by atoms with Crippen molar-refractivity contribution in [3.8, 4) is 0 Å². The zero-order valence-electron chi connectivity index (χ0n) is 18.1. The summed E-state index contributed by atoms with van der Waals surface area (Å²) in [6.45, 7) is 5.24. The minimum atomic E-state index is -0.00947. The lowest BCUT2D eigenvalue weighted by Gasteiger charge is -2.53. The van der Waals surface area contributed by atoms with Gasteiger partial charge in [-0.1, -0.05) is 49.4 Å². The first-order valence-corrected chi connectivity index (χ1v) is 11.6. The maximum atomic E-state index is 12.8. The molecule has 3 aliphatic rings. The third kappa shape index (κ3) is 2.74. The molecule has 1 N–H and O–H groups in total. The lowest BCUT2D eigenvalue weighted by atomic mass is 9.66. The second kappa shape index (κ2) is 7.10. The Morgan fingerprint density at radius 2 is 1.90 bits per heavy atom. The summed E-state index contributed by atoms with van der Waals surface area (Å²) in [5.41, 5.74) is 6.39. The van der Waals surface area contributed by atoms with Gasteiger partial charge < -0.3 is 9.88 Å². The fourth-order valence-corrected chi connectivity index (χ4v) is 6.38. The van der Waals surface area contributed by atoms with Gasteiger partial charge in [-0.05, 0) is 56.0 Å². The highest BCUT2D eigenvalue weighted by molar-refractivity contribution is 5.95. The number of nitrogens with one attached hydrogen (secondary N) is 1. The molecule has 158 valence electrons. The Morgan fingerprint density at radius 3 is 2.74 bits per heavy atom. The molecule has 31 heavy (non-hydrogen) atoms. The Bertz CT molecular complexity index is 1190. The molecule has 6 rings (SSSR count). The quantitative estimate of drug-likeness (QED) is 0.655. The monoisotopic (exact) mass is 411 g/mol. The molecular weight excluding hydrogens is 382 g/mol. The molecule has 4 heterocycles. The van der Waals surface area contributed by atoms with Crippen LogP contribution < -0.4 is 5.32 Å². The number of amides is 1. The zero-order chi connectivity index (χ0) is 21.0. The topological polar surface area (TPSA) is 37.3 Å². The van der Waals surface area contributed by atoms with Crippen molar-refractivity contribution in [1.29, 1.82) is 0 Å². The van der Waals surface area contributed by atoms with E-state index in [4.69, 9.17) is 0 Å². The molecule has 4 heteroatoms. The standard InChI is InChI=1S/C27H29N3O/c1-2-27-14-8-15-29-16-13-22-21-11-6-7-12-23(21)30(24(22)25(27)29)20(17-27)18-28-26(31)19-9-4-3-5-10-19/h3-7,9-12,17,25H,2,8,13-16,18H2,1H3,(H,28,31)/t25-,27+/m1/s1. The van der Waals surface area contributed by atoms with E-state index in [-0.39, 0.29) is 11.3 Å². The van der Waals surface area contributed by atoms with Gasteiger partial charge in [0.05, 0.1) is 18.1 Å². The van der Waals surface area contributed by atoms with Gasteiger partial charge in [0.2, 0.25) is 0 Å². The molecule has 1 fully saturated rings. The summed E-state index contributed by atoms with van der Waals surface area (Å²) in [6.07, 6.45) is 7.24. The van der Waals surface area contributed by atoms with Crippen LogP contribution in [0.25, 0.3) is 16.6 Å². The third-order valence-electron chi connectivity index (χ3n) is 7.79. The first kappa shape index (κ1) is 18.9. The van der Waals surface area contributed by atoms with Crippen LogP contribution in [0.2, 0.25) is 0 Å². The molecule has 0 aliphatic carbocycles. The van der Waals surface area contributed by atoms with Crippen LogP contribution in [0.15, 0.2) is 60.7 Å². The molecular formula is C27H29N3O. The van der Waals surface area contributed by atoms with Gasteiger partial charge in [0.25, 0.3) is 5.91 Å². The SMILES string of the molecule is CC[C@@]12C=C(CNC(=O)c3ccccc3)n3c4c(c5ccccc53)CCN(CCC1)[C@H]42. The average molecular weight is 412 g/mol. The van der Waals surface area contributed by atoms with Crippen LogP contribution in [0.1, 0.15) is 53.8 Å². The van der Waals surface area contributed by atoms with E-state index in [2.05, 4.69) is 52.0 Å². The lowest BCUT2D eigenvalue weighted by Crippen LogP contribution is -2.51. The number of fused-ring (bicyclic) bond motifs is 3. The molecule has 1 amide bonds. The lowest BCUT2D eigenvalue weighted by molar-refractivity contribution is 0.0268. The summed E-state index contributed by atoms with van der Waals surface area (Å²) in [6, 6.07) is 18.8. The van der Waals surface area contributed by atoms with E-state index < -0.39 is 0 Å². The molecule has 0 radical (unpaired) electrons. The van der Waals surface area contributed by atoms with E-state index in [1.54, 1.807) is 0 Å². The number of nitrogens with zero attached hydrogens (tertiary/aromatic N) is 2. The summed E-state index contributed by atoms with van der Waals surface area (Å²) in [5, 5.41) is 4.59. The van der Waals surface area contributed by atoms with Crippen molar-refractivity contribution in [3.05, 3.63) is 77.5 Å². The van der Waals surface area contributed by atoms with Crippen molar-refractivity contribution < 1.29 is 4.79 Å². The predicted molar refractivity (Wildman–Crippen MR) is 125 cm³/mol. The van der Waals surface area contributed by atoms with Gasteiger partial charge in [-0.2, -0.15) is 0 Å². The number of hydrogen-bond donors (Lipinski definition) is 1. The fourth-order valence-electron chi connectivity index (χ4n) is 6.38. The van der Waals surface area contributed by atoms with Crippen molar-refractivity contribution in [2.45, 2.75) is 38.6 Å². The maximum absolute atomic E-state index is 12.8. The Kier molecular flexibility index (Phi) is 4.32. The Balaban J connectivity index is 1.48. The van der Waals surface area contributed by atoms with Crippen LogP contribution in [0.4, 0.5) is 0 Å². The van der Waals surface area contributed by atoms with Crippen molar-refractivity contribution in [2.75, 3.05) is 19.6 Å². The van der Waals surface area contributed by atoms with Gasteiger partial charge in [0.1, 0.15) is 0 Å². The average Bonchev–Trinajstić information content (AvgIpc) is 3.17. The molecule has 0 saturated carbocycles. The van der Waals surface area contributed by atoms with Gasteiger partial charge in [-0.15, -0.1) is 0 Å². The normalized spacial score (nSPS) is 24.5. The van der Waals surface area contributed by atoms with E-state index in [0.29, 0.717) is 18.2 Å². The minimum absolute atomic E-state index is 0.00947. The second-order valence-corrected chi connectivity index (χ2v) is 9.28. The molecule has 3 aliphatic heterocycles. The van der Waals surface area contributed by atoms with Crippen molar-refractivity contribution in [2.24, 2.45) is 5.41 Å². The maximum Gasteiger partial charge on any atom is 0.251 e. The number of piperidine rings is 1. The van der Waals surface area contributed by atoms with Crippen molar-refractivity contribution >= 4 is 22.5 Å². The molecule has 2 atom stereocenters. The van der Waals surface area contributed by atoms with Gasteiger partial charge in [0, 0.05) is 34.3 Å². The highest BCUT2D eigenvalue weighted by Gasteiger charge is 2.50. The highest BCUT2D eigenvalue weighted by Crippen LogP contribution is 2.56. The van der Waals surface area contributed by atoms with E-state index >= 15 is 0 Å². The molecule has 0 unspecified atom stereocenters. The largest absolute Gasteiger partial charge is 0.346 e. The van der Waals surface area contributed by atoms with Crippen LogP contribution in [0, 0.1) is 5.41 Å². The summed E-state index contributed by atoms with van der Waals surface area (Å²) in [5.74, 6) is -0.00947. The second-order valence-electron chi connectivity index (χ2n) is 9.28. The van der Waals surface area contributed by atoms with Gasteiger partial charge in [-0.3, -0.25) is 9.69 Å². The van der Waals surface area contributed by atoms with Crippen LogP contribution in [0.5, 0.6) is 0 Å². The van der Waals surface area contributed by atoms with E-state index in [1.165, 1.54) is 47.2 Å². The Hall–Kier alpha value is -2.85. The fraction of sp³-hybridized carbons (Fsp3) is 0.370.